The van der Waals surface area contributed by atoms with Crippen LogP contribution < -0.4 is 11.1 Å². The molecule has 5 rings (SSSR count). The second-order valence-electron chi connectivity index (χ2n) is 10.6. The van der Waals surface area contributed by atoms with Gasteiger partial charge in [0.1, 0.15) is 0 Å². The van der Waals surface area contributed by atoms with Crippen LogP contribution in [-0.4, -0.2) is 53.7 Å². The van der Waals surface area contributed by atoms with Crippen molar-refractivity contribution in [3.63, 3.8) is 0 Å². The Kier molecular flexibility index (Phi) is 9.95. The predicted octanol–water partition coefficient (Wildman–Crippen LogP) is 6.55. The topological polar surface area (TPSA) is 98.9 Å². The van der Waals surface area contributed by atoms with Gasteiger partial charge in [-0.15, -0.1) is 0 Å². The van der Waals surface area contributed by atoms with E-state index in [-0.39, 0.29) is 5.54 Å². The molecule has 3 aromatic carbocycles. The molecule has 1 aliphatic heterocycles. The fraction of sp³-hybridized carbons (Fsp3) is 0.355. The average Bonchev–Trinajstić information content (AvgIpc) is 3.71. The van der Waals surface area contributed by atoms with Crippen LogP contribution in [-0.2, 0) is 12.1 Å². The molecule has 3 aromatic rings. The highest BCUT2D eigenvalue weighted by Gasteiger charge is 2.42. The number of halogens is 2. The number of amides is 3. The Labute approximate surface area is 245 Å². The Bertz CT molecular complexity index is 1280. The van der Waals surface area contributed by atoms with E-state index in [1.165, 1.54) is 16.9 Å². The lowest BCUT2D eigenvalue weighted by molar-refractivity contribution is 0.134. The van der Waals surface area contributed by atoms with Crippen LogP contribution in [0, 0.1) is 5.92 Å². The number of urea groups is 1. The van der Waals surface area contributed by atoms with Gasteiger partial charge >= 0.3 is 12.1 Å². The van der Waals surface area contributed by atoms with E-state index >= 15 is 0 Å². The Morgan fingerprint density at radius 3 is 2.20 bits per heavy atom. The number of hydrogen-bond donors (Lipinski definition) is 3. The largest absolute Gasteiger partial charge is 0.465 e. The van der Waals surface area contributed by atoms with Gasteiger partial charge in [0.25, 0.3) is 0 Å². The van der Waals surface area contributed by atoms with Crippen LogP contribution in [0.2, 0.25) is 10.0 Å². The van der Waals surface area contributed by atoms with Crippen LogP contribution in [0.1, 0.15) is 41.9 Å². The highest BCUT2D eigenvalue weighted by atomic mass is 35.5. The molecule has 4 N–H and O–H groups in total. The molecule has 2 fully saturated rings. The van der Waals surface area contributed by atoms with Crippen LogP contribution in [0.4, 0.5) is 9.59 Å². The van der Waals surface area contributed by atoms with Crippen molar-refractivity contribution in [1.29, 1.82) is 0 Å². The molecule has 0 radical (unpaired) electrons. The van der Waals surface area contributed by atoms with Crippen LogP contribution in [0.3, 0.4) is 0 Å². The molecule has 3 amide bonds. The SMILES string of the molecule is CN(Cc1ccccc1)C(=O)O.NC(=O)NC1(c2ccccc2)CCN(C[C@@H]2C[C@@H]2c2ccc(Cl)c(Cl)c2)CC1. The van der Waals surface area contributed by atoms with Crippen molar-refractivity contribution in [1.82, 2.24) is 15.1 Å². The summed E-state index contributed by atoms with van der Waals surface area (Å²) < 4.78 is 0. The number of rotatable bonds is 7. The summed E-state index contributed by atoms with van der Waals surface area (Å²) in [7, 11) is 1.55. The zero-order chi connectivity index (χ0) is 28.7. The molecule has 0 aromatic heterocycles. The number of carbonyl (C=O) groups excluding carboxylic acids is 1. The summed E-state index contributed by atoms with van der Waals surface area (Å²) in [6.07, 6.45) is 2.02. The van der Waals surface area contributed by atoms with Gasteiger partial charge in [-0.05, 0) is 59.9 Å². The minimum absolute atomic E-state index is 0.365. The minimum atomic E-state index is -0.904. The lowest BCUT2D eigenvalue weighted by Crippen LogP contribution is -2.54. The quantitative estimate of drug-likeness (QED) is 0.294. The fourth-order valence-corrected chi connectivity index (χ4v) is 5.76. The number of likely N-dealkylation sites (tertiary alicyclic amines) is 1. The summed E-state index contributed by atoms with van der Waals surface area (Å²) in [6, 6.07) is 25.2. The van der Waals surface area contributed by atoms with Crippen molar-refractivity contribution in [3.8, 4) is 0 Å². The maximum Gasteiger partial charge on any atom is 0.407 e. The van der Waals surface area contributed by atoms with Gasteiger partial charge in [0.15, 0.2) is 0 Å². The van der Waals surface area contributed by atoms with E-state index in [9.17, 15) is 9.59 Å². The molecule has 40 heavy (non-hydrogen) atoms. The molecule has 1 heterocycles. The third kappa shape index (κ3) is 7.90. The third-order valence-electron chi connectivity index (χ3n) is 7.77. The summed E-state index contributed by atoms with van der Waals surface area (Å²) in [5, 5.41) is 12.8. The normalized spacial score (nSPS) is 19.6. The number of nitrogens with two attached hydrogens (primary N) is 1. The van der Waals surface area contributed by atoms with Crippen molar-refractivity contribution in [3.05, 3.63) is 106 Å². The minimum Gasteiger partial charge on any atom is -0.465 e. The molecule has 1 saturated carbocycles. The molecular formula is C31H36Cl2N4O3. The second-order valence-corrected chi connectivity index (χ2v) is 11.5. The molecule has 1 saturated heterocycles. The van der Waals surface area contributed by atoms with Gasteiger partial charge in [0.2, 0.25) is 0 Å². The van der Waals surface area contributed by atoms with Crippen LogP contribution in [0.15, 0.2) is 78.9 Å². The number of carboxylic acid groups (broad SMARTS) is 1. The molecular weight excluding hydrogens is 547 g/mol. The van der Waals surface area contributed by atoms with Gasteiger partial charge in [-0.3, -0.25) is 0 Å². The molecule has 0 unspecified atom stereocenters. The summed E-state index contributed by atoms with van der Waals surface area (Å²) in [5.74, 6) is 1.23. The number of benzene rings is 3. The van der Waals surface area contributed by atoms with Crippen molar-refractivity contribution in [2.45, 2.75) is 37.3 Å². The second kappa shape index (κ2) is 13.4. The summed E-state index contributed by atoms with van der Waals surface area (Å²) in [4.78, 5) is 25.8. The first kappa shape index (κ1) is 29.7. The maximum atomic E-state index is 11.6. The summed E-state index contributed by atoms with van der Waals surface area (Å²) in [6.45, 7) is 3.40. The average molecular weight is 584 g/mol. The lowest BCUT2D eigenvalue weighted by Gasteiger charge is -2.42. The summed E-state index contributed by atoms with van der Waals surface area (Å²) >= 11 is 12.2. The zero-order valence-corrected chi connectivity index (χ0v) is 24.1. The van der Waals surface area contributed by atoms with E-state index in [4.69, 9.17) is 34.0 Å². The van der Waals surface area contributed by atoms with Crippen molar-refractivity contribution >= 4 is 35.3 Å². The Morgan fingerprint density at radius 2 is 1.62 bits per heavy atom. The van der Waals surface area contributed by atoms with E-state index in [1.807, 2.05) is 60.7 Å². The lowest BCUT2D eigenvalue weighted by atomic mass is 9.81. The van der Waals surface area contributed by atoms with Crippen LogP contribution >= 0.6 is 23.2 Å². The molecule has 7 nitrogen and oxygen atoms in total. The van der Waals surface area contributed by atoms with Gasteiger partial charge < -0.3 is 26.0 Å². The van der Waals surface area contributed by atoms with Crippen molar-refractivity contribution < 1.29 is 14.7 Å². The van der Waals surface area contributed by atoms with Gasteiger partial charge in [-0.1, -0.05) is 89.9 Å². The fourth-order valence-electron chi connectivity index (χ4n) is 5.45. The summed E-state index contributed by atoms with van der Waals surface area (Å²) in [5.41, 5.74) is 8.55. The van der Waals surface area contributed by atoms with Crippen LogP contribution in [0.25, 0.3) is 0 Å². The molecule has 1 aliphatic carbocycles. The molecule has 0 spiro atoms. The third-order valence-corrected chi connectivity index (χ3v) is 8.51. The predicted molar refractivity (Wildman–Crippen MR) is 160 cm³/mol. The van der Waals surface area contributed by atoms with E-state index < -0.39 is 12.1 Å². The van der Waals surface area contributed by atoms with Crippen LogP contribution in [0.5, 0.6) is 0 Å². The molecule has 2 atom stereocenters. The standard InChI is InChI=1S/C22H25Cl2N3O.C9H11NO2/c23-19-7-6-15(13-20(19)24)18-12-16(18)14-27-10-8-22(9-11-27,26-21(25)28)17-4-2-1-3-5-17;1-10(9(11)12)7-8-5-3-2-4-6-8/h1-7,13,16,18H,8-12,14H2,(H3,25,26,28);2-6H,7H2,1H3,(H,11,12)/t16-,18+;/m0./s1. The first-order valence-corrected chi connectivity index (χ1v) is 14.2. The molecule has 212 valence electrons. The number of hydrogen-bond acceptors (Lipinski definition) is 3. The number of piperidine rings is 1. The Morgan fingerprint density at radius 1 is 1.00 bits per heavy atom. The molecule has 2 aliphatic rings. The van der Waals surface area contributed by atoms with E-state index in [0.29, 0.717) is 28.4 Å². The number of carbonyl (C=O) groups is 2. The molecule has 0 bridgehead atoms. The smallest absolute Gasteiger partial charge is 0.407 e. The zero-order valence-electron chi connectivity index (χ0n) is 22.6. The molecule has 9 heteroatoms. The number of primary amides is 1. The first-order valence-electron chi connectivity index (χ1n) is 13.5. The van der Waals surface area contributed by atoms with Crippen molar-refractivity contribution in [2.24, 2.45) is 11.7 Å². The Balaban J connectivity index is 0.000000259. The van der Waals surface area contributed by atoms with Crippen molar-refractivity contribution in [2.75, 3.05) is 26.7 Å². The van der Waals surface area contributed by atoms with E-state index in [0.717, 1.165) is 43.6 Å². The number of nitrogens with zero attached hydrogens (tertiary/aromatic N) is 2. The first-order chi connectivity index (χ1) is 19.2. The van der Waals surface area contributed by atoms with Gasteiger partial charge in [-0.25, -0.2) is 9.59 Å². The van der Waals surface area contributed by atoms with Gasteiger partial charge in [0.05, 0.1) is 15.6 Å². The Hall–Kier alpha value is -3.26. The number of nitrogens with one attached hydrogen (secondary N) is 1. The highest BCUT2D eigenvalue weighted by Crippen LogP contribution is 2.49. The van der Waals surface area contributed by atoms with E-state index in [2.05, 4.69) is 28.4 Å². The maximum absolute atomic E-state index is 11.6. The van der Waals surface area contributed by atoms with E-state index in [1.54, 1.807) is 7.05 Å². The van der Waals surface area contributed by atoms with Gasteiger partial charge in [0, 0.05) is 33.2 Å². The monoisotopic (exact) mass is 582 g/mol. The highest BCUT2D eigenvalue weighted by molar-refractivity contribution is 6.42. The van der Waals surface area contributed by atoms with Gasteiger partial charge in [-0.2, -0.15) is 0 Å².